The molecular weight excluding hydrogens is 250 g/mol. The fourth-order valence-electron chi connectivity index (χ4n) is 0.866. The van der Waals surface area contributed by atoms with Gasteiger partial charge in [-0.15, -0.1) is 11.3 Å². The summed E-state index contributed by atoms with van der Waals surface area (Å²) in [6, 6.07) is 0.546. The third-order valence-electron chi connectivity index (χ3n) is 1.43. The van der Waals surface area contributed by atoms with Crippen molar-refractivity contribution in [1.82, 2.24) is 10.3 Å². The van der Waals surface area contributed by atoms with Gasteiger partial charge >= 0.3 is 0 Å². The highest BCUT2D eigenvalue weighted by molar-refractivity contribution is 9.10. The summed E-state index contributed by atoms with van der Waals surface area (Å²) in [4.78, 5) is 4.22. The number of hydrogen-bond acceptors (Lipinski definition) is 4. The van der Waals surface area contributed by atoms with E-state index in [1.807, 2.05) is 5.38 Å². The monoisotopic (exact) mass is 263 g/mol. The molecule has 0 saturated carbocycles. The van der Waals surface area contributed by atoms with Crippen LogP contribution in [-0.2, 0) is 0 Å². The first-order valence-electron chi connectivity index (χ1n) is 4.27. The molecule has 0 amide bonds. The molecule has 0 bridgehead atoms. The fourth-order valence-corrected chi connectivity index (χ4v) is 2.04. The first-order chi connectivity index (χ1) is 6.18. The second-order valence-electron chi connectivity index (χ2n) is 3.01. The molecular formula is C8H14BrN3S. The zero-order valence-electron chi connectivity index (χ0n) is 7.80. The molecule has 1 aromatic rings. The van der Waals surface area contributed by atoms with Crippen molar-refractivity contribution in [3.05, 3.63) is 9.98 Å². The van der Waals surface area contributed by atoms with E-state index >= 15 is 0 Å². The first kappa shape index (κ1) is 10.9. The van der Waals surface area contributed by atoms with Gasteiger partial charge in [0.05, 0.1) is 0 Å². The SMILES string of the molecule is CC(C)NCCNc1nc(Br)cs1. The molecule has 0 aliphatic heterocycles. The van der Waals surface area contributed by atoms with Crippen LogP contribution in [0.4, 0.5) is 5.13 Å². The summed E-state index contributed by atoms with van der Waals surface area (Å²) in [7, 11) is 0. The van der Waals surface area contributed by atoms with Gasteiger partial charge in [0.1, 0.15) is 4.60 Å². The van der Waals surface area contributed by atoms with Gasteiger partial charge in [-0.25, -0.2) is 4.98 Å². The topological polar surface area (TPSA) is 37.0 Å². The van der Waals surface area contributed by atoms with Gasteiger partial charge in [0, 0.05) is 24.5 Å². The van der Waals surface area contributed by atoms with Gasteiger partial charge in [-0.05, 0) is 15.9 Å². The van der Waals surface area contributed by atoms with E-state index < -0.39 is 0 Å². The Kier molecular flexibility index (Phi) is 4.69. The van der Waals surface area contributed by atoms with Gasteiger partial charge in [0.2, 0.25) is 0 Å². The number of nitrogens with one attached hydrogen (secondary N) is 2. The quantitative estimate of drug-likeness (QED) is 0.801. The van der Waals surface area contributed by atoms with Crippen LogP contribution in [0.1, 0.15) is 13.8 Å². The van der Waals surface area contributed by atoms with Crippen LogP contribution >= 0.6 is 27.3 Å². The minimum Gasteiger partial charge on any atom is -0.360 e. The number of hydrogen-bond donors (Lipinski definition) is 2. The van der Waals surface area contributed by atoms with E-state index in [9.17, 15) is 0 Å². The van der Waals surface area contributed by atoms with E-state index in [0.29, 0.717) is 6.04 Å². The molecule has 0 fully saturated rings. The highest BCUT2D eigenvalue weighted by Gasteiger charge is 1.97. The third-order valence-corrected chi connectivity index (χ3v) is 2.94. The largest absolute Gasteiger partial charge is 0.360 e. The number of aromatic nitrogens is 1. The normalized spacial score (nSPS) is 10.8. The fraction of sp³-hybridized carbons (Fsp3) is 0.625. The molecule has 1 aromatic heterocycles. The maximum Gasteiger partial charge on any atom is 0.183 e. The molecule has 2 N–H and O–H groups in total. The molecule has 5 heteroatoms. The summed E-state index contributed by atoms with van der Waals surface area (Å²) in [5.74, 6) is 0. The Morgan fingerprint density at radius 1 is 1.54 bits per heavy atom. The average molecular weight is 264 g/mol. The average Bonchev–Trinajstić information content (AvgIpc) is 2.45. The highest BCUT2D eigenvalue weighted by atomic mass is 79.9. The van der Waals surface area contributed by atoms with Crippen LogP contribution < -0.4 is 10.6 Å². The molecule has 0 aromatic carbocycles. The van der Waals surface area contributed by atoms with Crippen LogP contribution in [0.15, 0.2) is 9.98 Å². The van der Waals surface area contributed by atoms with Gasteiger partial charge in [-0.2, -0.15) is 0 Å². The standard InChI is InChI=1S/C8H14BrN3S/c1-6(2)10-3-4-11-8-12-7(9)5-13-8/h5-6,10H,3-4H2,1-2H3,(H,11,12). The predicted octanol–water partition coefficient (Wildman–Crippen LogP) is 2.32. The zero-order valence-corrected chi connectivity index (χ0v) is 10.2. The Labute approximate surface area is 91.1 Å². The number of nitrogens with zero attached hydrogens (tertiary/aromatic N) is 1. The Bertz CT molecular complexity index is 249. The Morgan fingerprint density at radius 2 is 2.31 bits per heavy atom. The third kappa shape index (κ3) is 4.59. The van der Waals surface area contributed by atoms with E-state index in [2.05, 4.69) is 45.4 Å². The number of anilines is 1. The zero-order chi connectivity index (χ0) is 9.68. The van der Waals surface area contributed by atoms with Crippen LogP contribution in [0.25, 0.3) is 0 Å². The van der Waals surface area contributed by atoms with Gasteiger partial charge in [-0.1, -0.05) is 13.8 Å². The lowest BCUT2D eigenvalue weighted by molar-refractivity contribution is 0.602. The predicted molar refractivity (Wildman–Crippen MR) is 61.4 cm³/mol. The van der Waals surface area contributed by atoms with Crippen LogP contribution in [0.3, 0.4) is 0 Å². The van der Waals surface area contributed by atoms with Crippen molar-refractivity contribution in [3.8, 4) is 0 Å². The van der Waals surface area contributed by atoms with Gasteiger partial charge in [0.15, 0.2) is 5.13 Å². The molecule has 0 unspecified atom stereocenters. The van der Waals surface area contributed by atoms with E-state index in [1.54, 1.807) is 11.3 Å². The Hall–Kier alpha value is -0.130. The molecule has 0 atom stereocenters. The molecule has 3 nitrogen and oxygen atoms in total. The van der Waals surface area contributed by atoms with E-state index in [-0.39, 0.29) is 0 Å². The Balaban J connectivity index is 2.13. The number of thiazole rings is 1. The lowest BCUT2D eigenvalue weighted by atomic mass is 10.4. The van der Waals surface area contributed by atoms with E-state index in [4.69, 9.17) is 0 Å². The summed E-state index contributed by atoms with van der Waals surface area (Å²) in [5.41, 5.74) is 0. The van der Waals surface area contributed by atoms with Crippen molar-refractivity contribution >= 4 is 32.4 Å². The van der Waals surface area contributed by atoms with Crippen molar-refractivity contribution in [2.45, 2.75) is 19.9 Å². The summed E-state index contributed by atoms with van der Waals surface area (Å²) in [5, 5.41) is 9.50. The molecule has 13 heavy (non-hydrogen) atoms. The number of halogens is 1. The van der Waals surface area contributed by atoms with E-state index in [0.717, 1.165) is 22.8 Å². The molecule has 0 saturated heterocycles. The van der Waals surface area contributed by atoms with Crippen molar-refractivity contribution < 1.29 is 0 Å². The Morgan fingerprint density at radius 3 is 2.85 bits per heavy atom. The number of rotatable bonds is 5. The summed E-state index contributed by atoms with van der Waals surface area (Å²) >= 11 is 4.92. The first-order valence-corrected chi connectivity index (χ1v) is 5.94. The molecule has 1 rings (SSSR count). The summed E-state index contributed by atoms with van der Waals surface area (Å²) in [6.45, 7) is 6.16. The molecule has 0 spiro atoms. The maximum atomic E-state index is 4.22. The van der Waals surface area contributed by atoms with Gasteiger partial charge in [-0.3, -0.25) is 0 Å². The lowest BCUT2D eigenvalue weighted by Crippen LogP contribution is -2.28. The highest BCUT2D eigenvalue weighted by Crippen LogP contribution is 2.18. The molecule has 0 aliphatic rings. The van der Waals surface area contributed by atoms with Crippen LogP contribution in [-0.4, -0.2) is 24.1 Å². The smallest absolute Gasteiger partial charge is 0.183 e. The van der Waals surface area contributed by atoms with Crippen molar-refractivity contribution in [2.24, 2.45) is 0 Å². The van der Waals surface area contributed by atoms with Gasteiger partial charge in [0.25, 0.3) is 0 Å². The lowest BCUT2D eigenvalue weighted by Gasteiger charge is -2.07. The van der Waals surface area contributed by atoms with Crippen molar-refractivity contribution in [1.29, 1.82) is 0 Å². The maximum absolute atomic E-state index is 4.22. The van der Waals surface area contributed by atoms with Crippen LogP contribution in [0.5, 0.6) is 0 Å². The molecule has 0 aliphatic carbocycles. The molecule has 1 heterocycles. The minimum absolute atomic E-state index is 0.546. The second kappa shape index (κ2) is 5.57. The second-order valence-corrected chi connectivity index (χ2v) is 4.68. The minimum atomic E-state index is 0.546. The summed E-state index contributed by atoms with van der Waals surface area (Å²) in [6.07, 6.45) is 0. The molecule has 0 radical (unpaired) electrons. The van der Waals surface area contributed by atoms with Crippen molar-refractivity contribution in [3.63, 3.8) is 0 Å². The van der Waals surface area contributed by atoms with Crippen LogP contribution in [0.2, 0.25) is 0 Å². The van der Waals surface area contributed by atoms with Gasteiger partial charge < -0.3 is 10.6 Å². The molecule has 74 valence electrons. The van der Waals surface area contributed by atoms with E-state index in [1.165, 1.54) is 0 Å². The van der Waals surface area contributed by atoms with Crippen molar-refractivity contribution in [2.75, 3.05) is 18.4 Å². The summed E-state index contributed by atoms with van der Waals surface area (Å²) < 4.78 is 0.900. The van der Waals surface area contributed by atoms with Crippen LogP contribution in [0, 0.1) is 0 Å².